The first kappa shape index (κ1) is 13.5. The van der Waals surface area contributed by atoms with E-state index in [9.17, 15) is 0 Å². The second-order valence-corrected chi connectivity index (χ2v) is 3.88. The van der Waals surface area contributed by atoms with Crippen molar-refractivity contribution in [3.63, 3.8) is 0 Å². The van der Waals surface area contributed by atoms with E-state index in [0.29, 0.717) is 0 Å². The quantitative estimate of drug-likeness (QED) is 0.772. The third-order valence-corrected chi connectivity index (χ3v) is 3.01. The summed E-state index contributed by atoms with van der Waals surface area (Å²) >= 11 is 0. The predicted octanol–water partition coefficient (Wildman–Crippen LogP) is 1.68. The summed E-state index contributed by atoms with van der Waals surface area (Å²) in [6.45, 7) is 2.45. The van der Waals surface area contributed by atoms with Gasteiger partial charge >= 0.3 is 0 Å². The van der Waals surface area contributed by atoms with Crippen molar-refractivity contribution < 1.29 is 0 Å². The molecule has 80 valence electrons. The molecule has 2 rings (SSSR count). The molecule has 1 aliphatic heterocycles. The average molecular weight is 227 g/mol. The molecule has 0 aromatic rings. The maximum atomic E-state index is 3.40. The van der Waals surface area contributed by atoms with Crippen LogP contribution in [0.1, 0.15) is 25.7 Å². The van der Waals surface area contributed by atoms with Crippen LogP contribution in [0, 0.1) is 0 Å². The van der Waals surface area contributed by atoms with Crippen LogP contribution in [-0.4, -0.2) is 37.1 Å². The summed E-state index contributed by atoms with van der Waals surface area (Å²) in [6.07, 6.45) is 5.60. The second-order valence-electron chi connectivity index (χ2n) is 3.88. The number of halogens is 2. The number of hydrogen-bond donors (Lipinski definition) is 1. The van der Waals surface area contributed by atoms with Crippen LogP contribution in [0.15, 0.2) is 0 Å². The lowest BCUT2D eigenvalue weighted by atomic mass is 10.1. The van der Waals surface area contributed by atoms with Gasteiger partial charge < -0.3 is 10.2 Å². The number of piperidine rings is 1. The third kappa shape index (κ3) is 3.62. The van der Waals surface area contributed by atoms with Crippen molar-refractivity contribution in [3.8, 4) is 0 Å². The monoisotopic (exact) mass is 226 g/mol. The van der Waals surface area contributed by atoms with E-state index < -0.39 is 0 Å². The Balaban J connectivity index is 0.000000720. The molecule has 1 saturated heterocycles. The van der Waals surface area contributed by atoms with Crippen LogP contribution in [0.25, 0.3) is 0 Å². The van der Waals surface area contributed by atoms with E-state index in [1.54, 1.807) is 0 Å². The van der Waals surface area contributed by atoms with Gasteiger partial charge in [0.2, 0.25) is 0 Å². The van der Waals surface area contributed by atoms with Crippen molar-refractivity contribution >= 4 is 24.8 Å². The summed E-state index contributed by atoms with van der Waals surface area (Å²) in [7, 11) is 2.30. The molecular weight excluding hydrogens is 207 g/mol. The lowest BCUT2D eigenvalue weighted by Gasteiger charge is -2.31. The van der Waals surface area contributed by atoms with Gasteiger partial charge in [-0.25, -0.2) is 0 Å². The summed E-state index contributed by atoms with van der Waals surface area (Å²) in [6, 6.07) is 1.82. The van der Waals surface area contributed by atoms with Gasteiger partial charge in [-0.15, -0.1) is 24.8 Å². The molecule has 0 atom stereocenters. The largest absolute Gasteiger partial charge is 0.317 e. The second kappa shape index (κ2) is 6.07. The van der Waals surface area contributed by atoms with Gasteiger partial charge in [-0.05, 0) is 45.8 Å². The first-order chi connectivity index (χ1) is 5.38. The lowest BCUT2D eigenvalue weighted by molar-refractivity contribution is 0.190. The molecule has 0 bridgehead atoms. The van der Waals surface area contributed by atoms with Crippen molar-refractivity contribution in [1.29, 1.82) is 0 Å². The smallest absolute Gasteiger partial charge is 0.0119 e. The van der Waals surface area contributed by atoms with Gasteiger partial charge in [-0.2, -0.15) is 0 Å². The molecule has 1 saturated carbocycles. The zero-order valence-electron chi connectivity index (χ0n) is 8.16. The van der Waals surface area contributed by atoms with Gasteiger partial charge in [-0.3, -0.25) is 0 Å². The molecule has 1 aliphatic carbocycles. The number of nitrogens with one attached hydrogen (secondary N) is 1. The molecule has 2 nitrogen and oxygen atoms in total. The number of rotatable bonds is 2. The number of nitrogens with zero attached hydrogens (tertiary/aromatic N) is 1. The standard InChI is InChI=1S/C9H18N2.2ClH/c1-11(8-2-3-8)9-4-6-10-7-5-9;;/h8-10H,2-7H2,1H3;2*1H. The summed E-state index contributed by atoms with van der Waals surface area (Å²) in [5, 5.41) is 3.40. The summed E-state index contributed by atoms with van der Waals surface area (Å²) < 4.78 is 0. The van der Waals surface area contributed by atoms with Gasteiger partial charge in [-0.1, -0.05) is 0 Å². The average Bonchev–Trinajstić information content (AvgIpc) is 2.87. The van der Waals surface area contributed by atoms with Crippen LogP contribution in [0.5, 0.6) is 0 Å². The lowest BCUT2D eigenvalue weighted by Crippen LogP contribution is -2.42. The van der Waals surface area contributed by atoms with Gasteiger partial charge in [0.15, 0.2) is 0 Å². The highest BCUT2D eigenvalue weighted by Crippen LogP contribution is 2.29. The van der Waals surface area contributed by atoms with E-state index in [1.165, 1.54) is 38.8 Å². The van der Waals surface area contributed by atoms with E-state index in [0.717, 1.165) is 12.1 Å². The molecule has 0 radical (unpaired) electrons. The molecule has 1 heterocycles. The molecule has 0 unspecified atom stereocenters. The zero-order chi connectivity index (χ0) is 7.68. The van der Waals surface area contributed by atoms with Crippen molar-refractivity contribution in [2.24, 2.45) is 0 Å². The molecule has 1 N–H and O–H groups in total. The summed E-state index contributed by atoms with van der Waals surface area (Å²) in [5.74, 6) is 0. The molecule has 0 amide bonds. The normalized spacial score (nSPS) is 23.5. The molecule has 2 aliphatic rings. The summed E-state index contributed by atoms with van der Waals surface area (Å²) in [5.41, 5.74) is 0. The Kier molecular flexibility index (Phi) is 6.31. The van der Waals surface area contributed by atoms with E-state index >= 15 is 0 Å². The molecule has 4 heteroatoms. The van der Waals surface area contributed by atoms with Crippen LogP contribution in [0.3, 0.4) is 0 Å². The molecule has 0 spiro atoms. The Morgan fingerprint density at radius 1 is 0.923 bits per heavy atom. The van der Waals surface area contributed by atoms with Crippen LogP contribution in [0.4, 0.5) is 0 Å². The maximum Gasteiger partial charge on any atom is 0.0119 e. The fourth-order valence-corrected chi connectivity index (χ4v) is 1.99. The fraction of sp³-hybridized carbons (Fsp3) is 1.00. The predicted molar refractivity (Wildman–Crippen MR) is 61.2 cm³/mol. The minimum Gasteiger partial charge on any atom is -0.317 e. The molecular formula is C9H20Cl2N2. The minimum absolute atomic E-state index is 0. The Bertz CT molecular complexity index is 134. The van der Waals surface area contributed by atoms with Crippen molar-refractivity contribution in [2.75, 3.05) is 20.1 Å². The Morgan fingerprint density at radius 2 is 1.38 bits per heavy atom. The molecule has 0 aromatic heterocycles. The van der Waals surface area contributed by atoms with Gasteiger partial charge in [0.05, 0.1) is 0 Å². The summed E-state index contributed by atoms with van der Waals surface area (Å²) in [4.78, 5) is 2.60. The van der Waals surface area contributed by atoms with E-state index in [2.05, 4.69) is 17.3 Å². The maximum absolute atomic E-state index is 3.40. The zero-order valence-corrected chi connectivity index (χ0v) is 9.79. The van der Waals surface area contributed by atoms with E-state index in [-0.39, 0.29) is 24.8 Å². The van der Waals surface area contributed by atoms with Crippen LogP contribution in [-0.2, 0) is 0 Å². The molecule has 13 heavy (non-hydrogen) atoms. The van der Waals surface area contributed by atoms with Crippen LogP contribution >= 0.6 is 24.8 Å². The van der Waals surface area contributed by atoms with Gasteiger partial charge in [0.1, 0.15) is 0 Å². The topological polar surface area (TPSA) is 15.3 Å². The highest BCUT2D eigenvalue weighted by atomic mass is 35.5. The molecule has 0 aromatic carbocycles. The third-order valence-electron chi connectivity index (χ3n) is 3.01. The van der Waals surface area contributed by atoms with Gasteiger partial charge in [0, 0.05) is 12.1 Å². The Hall–Kier alpha value is 0.500. The van der Waals surface area contributed by atoms with E-state index in [1.807, 2.05) is 0 Å². The van der Waals surface area contributed by atoms with Crippen molar-refractivity contribution in [2.45, 2.75) is 37.8 Å². The van der Waals surface area contributed by atoms with Crippen molar-refractivity contribution in [1.82, 2.24) is 10.2 Å². The molecule has 2 fully saturated rings. The van der Waals surface area contributed by atoms with E-state index in [4.69, 9.17) is 0 Å². The Labute approximate surface area is 93.3 Å². The van der Waals surface area contributed by atoms with Crippen molar-refractivity contribution in [3.05, 3.63) is 0 Å². The number of hydrogen-bond acceptors (Lipinski definition) is 2. The first-order valence-corrected chi connectivity index (χ1v) is 4.80. The highest BCUT2D eigenvalue weighted by Gasteiger charge is 2.31. The Morgan fingerprint density at radius 3 is 1.85 bits per heavy atom. The first-order valence-electron chi connectivity index (χ1n) is 4.80. The highest BCUT2D eigenvalue weighted by molar-refractivity contribution is 5.85. The van der Waals surface area contributed by atoms with Crippen LogP contribution in [0.2, 0.25) is 0 Å². The minimum atomic E-state index is 0. The van der Waals surface area contributed by atoms with Crippen LogP contribution < -0.4 is 5.32 Å². The fourth-order valence-electron chi connectivity index (χ4n) is 1.99. The van der Waals surface area contributed by atoms with Gasteiger partial charge in [0.25, 0.3) is 0 Å². The SMILES string of the molecule is CN(C1CCNCC1)C1CC1.Cl.Cl.